The molecule has 1 amide bonds. The second kappa shape index (κ2) is 9.70. The number of benzene rings is 2. The van der Waals surface area contributed by atoms with Gasteiger partial charge in [0.1, 0.15) is 5.58 Å². The highest BCUT2D eigenvalue weighted by Crippen LogP contribution is 2.37. The highest BCUT2D eigenvalue weighted by Gasteiger charge is 2.43. The number of fused-ring (bicyclic) bond motifs is 1. The zero-order valence-electron chi connectivity index (χ0n) is 19.5. The van der Waals surface area contributed by atoms with Crippen molar-refractivity contribution in [1.82, 2.24) is 9.80 Å². The van der Waals surface area contributed by atoms with Gasteiger partial charge in [-0.25, -0.2) is 0 Å². The Kier molecular flexibility index (Phi) is 6.52. The number of nitrogens with zero attached hydrogens (tertiary/aromatic N) is 2. The molecule has 0 saturated carbocycles. The number of furan rings is 1. The van der Waals surface area contributed by atoms with Gasteiger partial charge in [0.15, 0.2) is 0 Å². The van der Waals surface area contributed by atoms with E-state index in [2.05, 4.69) is 53.2 Å². The van der Waals surface area contributed by atoms with E-state index in [0.29, 0.717) is 25.7 Å². The first kappa shape index (κ1) is 22.2. The zero-order valence-corrected chi connectivity index (χ0v) is 19.5. The van der Waals surface area contributed by atoms with Crippen LogP contribution in [0, 0.1) is 11.3 Å². The van der Waals surface area contributed by atoms with Gasteiger partial charge in [0.25, 0.3) is 0 Å². The first-order valence-corrected chi connectivity index (χ1v) is 12.2. The summed E-state index contributed by atoms with van der Waals surface area (Å²) in [6.07, 6.45) is 5.27. The predicted molar refractivity (Wildman–Crippen MR) is 130 cm³/mol. The van der Waals surface area contributed by atoms with Gasteiger partial charge in [-0.3, -0.25) is 4.79 Å². The van der Waals surface area contributed by atoms with Gasteiger partial charge < -0.3 is 19.0 Å². The molecule has 0 aliphatic carbocycles. The monoisotopic (exact) mass is 446 g/mol. The third-order valence-corrected chi connectivity index (χ3v) is 7.50. The van der Waals surface area contributed by atoms with E-state index in [4.69, 9.17) is 9.15 Å². The van der Waals surface area contributed by atoms with Crippen molar-refractivity contribution in [2.45, 2.75) is 25.7 Å². The lowest BCUT2D eigenvalue weighted by Crippen LogP contribution is -2.52. The number of carbonyl (C=O) groups excluding carboxylic acids is 1. The molecule has 2 aromatic carbocycles. The first-order chi connectivity index (χ1) is 16.1. The van der Waals surface area contributed by atoms with Crippen LogP contribution in [-0.4, -0.2) is 62.1 Å². The fourth-order valence-corrected chi connectivity index (χ4v) is 5.57. The van der Waals surface area contributed by atoms with Crippen LogP contribution >= 0.6 is 0 Å². The van der Waals surface area contributed by atoms with Crippen LogP contribution in [0.15, 0.2) is 65.3 Å². The Balaban J connectivity index is 1.36. The predicted octanol–water partition coefficient (Wildman–Crippen LogP) is 4.41. The maximum Gasteiger partial charge on any atom is 0.229 e. The van der Waals surface area contributed by atoms with Crippen molar-refractivity contribution in [1.29, 1.82) is 0 Å². The summed E-state index contributed by atoms with van der Waals surface area (Å²) in [5.74, 6) is 0.591. The molecule has 2 saturated heterocycles. The molecule has 0 bridgehead atoms. The van der Waals surface area contributed by atoms with E-state index >= 15 is 0 Å². The lowest BCUT2D eigenvalue weighted by Gasteiger charge is -2.42. The molecule has 0 radical (unpaired) electrons. The SMILES string of the molecule is CN1CCC(Cc2ccccc2)(C(=O)N2CCOC[C@@H](Cc3cccc4occc34)C2)CC1. The topological polar surface area (TPSA) is 45.9 Å². The van der Waals surface area contributed by atoms with E-state index < -0.39 is 0 Å². The minimum absolute atomic E-state index is 0.275. The summed E-state index contributed by atoms with van der Waals surface area (Å²) < 4.78 is 11.6. The molecule has 2 aliphatic rings. The second-order valence-electron chi connectivity index (χ2n) is 9.89. The molecule has 174 valence electrons. The van der Waals surface area contributed by atoms with Gasteiger partial charge in [0.05, 0.1) is 24.9 Å². The maximum absolute atomic E-state index is 14.1. The average molecular weight is 447 g/mol. The Morgan fingerprint density at radius 1 is 1.03 bits per heavy atom. The molecule has 2 fully saturated rings. The quantitative estimate of drug-likeness (QED) is 0.583. The van der Waals surface area contributed by atoms with Gasteiger partial charge in [-0.1, -0.05) is 42.5 Å². The van der Waals surface area contributed by atoms with E-state index in [0.717, 1.165) is 56.3 Å². The summed E-state index contributed by atoms with van der Waals surface area (Å²) in [5.41, 5.74) is 3.11. The lowest BCUT2D eigenvalue weighted by molar-refractivity contribution is -0.145. The molecular weight excluding hydrogens is 412 g/mol. The molecule has 5 heteroatoms. The molecule has 1 atom stereocenters. The van der Waals surface area contributed by atoms with Crippen molar-refractivity contribution < 1.29 is 13.9 Å². The van der Waals surface area contributed by atoms with Crippen molar-refractivity contribution in [2.24, 2.45) is 11.3 Å². The van der Waals surface area contributed by atoms with E-state index in [1.807, 2.05) is 18.2 Å². The zero-order chi connectivity index (χ0) is 22.7. The van der Waals surface area contributed by atoms with E-state index in [1.54, 1.807) is 6.26 Å². The van der Waals surface area contributed by atoms with Crippen LogP contribution in [0.25, 0.3) is 11.0 Å². The molecule has 33 heavy (non-hydrogen) atoms. The molecule has 0 spiro atoms. The smallest absolute Gasteiger partial charge is 0.229 e. The number of likely N-dealkylation sites (tertiary alicyclic amines) is 1. The van der Waals surface area contributed by atoms with E-state index in [-0.39, 0.29) is 11.3 Å². The third-order valence-electron chi connectivity index (χ3n) is 7.50. The minimum atomic E-state index is -0.326. The number of piperidine rings is 1. The number of amides is 1. The van der Waals surface area contributed by atoms with Crippen molar-refractivity contribution >= 4 is 16.9 Å². The Morgan fingerprint density at radius 3 is 2.67 bits per heavy atom. The number of ether oxygens (including phenoxy) is 1. The van der Waals surface area contributed by atoms with Crippen LogP contribution in [0.5, 0.6) is 0 Å². The van der Waals surface area contributed by atoms with Crippen LogP contribution in [-0.2, 0) is 22.4 Å². The second-order valence-corrected chi connectivity index (χ2v) is 9.89. The average Bonchev–Trinajstić information content (AvgIpc) is 3.21. The Hall–Kier alpha value is -2.63. The van der Waals surface area contributed by atoms with E-state index in [1.165, 1.54) is 11.1 Å². The Labute approximate surface area is 196 Å². The molecule has 5 rings (SSSR count). The first-order valence-electron chi connectivity index (χ1n) is 12.2. The molecule has 0 N–H and O–H groups in total. The molecule has 5 nitrogen and oxygen atoms in total. The van der Waals surface area contributed by atoms with Gasteiger partial charge in [-0.15, -0.1) is 0 Å². The summed E-state index contributed by atoms with van der Waals surface area (Å²) >= 11 is 0. The summed E-state index contributed by atoms with van der Waals surface area (Å²) in [6.45, 7) is 4.66. The largest absolute Gasteiger partial charge is 0.464 e. The number of carbonyl (C=O) groups is 1. The number of hydrogen-bond donors (Lipinski definition) is 0. The molecule has 3 heterocycles. The maximum atomic E-state index is 14.1. The van der Waals surface area contributed by atoms with E-state index in [9.17, 15) is 4.79 Å². The molecular formula is C28H34N2O3. The highest BCUT2D eigenvalue weighted by molar-refractivity contribution is 5.83. The fraction of sp³-hybridized carbons (Fsp3) is 0.464. The molecule has 2 aliphatic heterocycles. The summed E-state index contributed by atoms with van der Waals surface area (Å²) in [4.78, 5) is 18.6. The van der Waals surface area contributed by atoms with Crippen molar-refractivity contribution in [3.63, 3.8) is 0 Å². The third kappa shape index (κ3) is 4.85. The van der Waals surface area contributed by atoms with Gasteiger partial charge in [-0.05, 0) is 69.1 Å². The number of rotatable bonds is 5. The normalized spacial score (nSPS) is 21.7. The summed E-state index contributed by atoms with van der Waals surface area (Å²) in [5, 5.41) is 1.16. The van der Waals surface area contributed by atoms with Crippen molar-refractivity contribution in [3.8, 4) is 0 Å². The lowest BCUT2D eigenvalue weighted by atomic mass is 9.72. The van der Waals surface area contributed by atoms with Crippen LogP contribution in [0.4, 0.5) is 0 Å². The summed E-state index contributed by atoms with van der Waals surface area (Å²) in [7, 11) is 2.16. The highest BCUT2D eigenvalue weighted by atomic mass is 16.5. The molecule has 3 aromatic rings. The van der Waals surface area contributed by atoms with Crippen LogP contribution in [0.2, 0.25) is 0 Å². The molecule has 0 unspecified atom stereocenters. The Morgan fingerprint density at radius 2 is 1.85 bits per heavy atom. The van der Waals surface area contributed by atoms with Gasteiger partial charge in [0.2, 0.25) is 5.91 Å². The fourth-order valence-electron chi connectivity index (χ4n) is 5.57. The van der Waals surface area contributed by atoms with Crippen molar-refractivity contribution in [3.05, 3.63) is 72.0 Å². The van der Waals surface area contributed by atoms with Gasteiger partial charge in [0, 0.05) is 24.4 Å². The van der Waals surface area contributed by atoms with Crippen LogP contribution in [0.3, 0.4) is 0 Å². The summed E-state index contributed by atoms with van der Waals surface area (Å²) in [6, 6.07) is 18.8. The van der Waals surface area contributed by atoms with Crippen LogP contribution < -0.4 is 0 Å². The van der Waals surface area contributed by atoms with Crippen molar-refractivity contribution in [2.75, 3.05) is 46.4 Å². The van der Waals surface area contributed by atoms with Crippen LogP contribution in [0.1, 0.15) is 24.0 Å². The van der Waals surface area contributed by atoms with Gasteiger partial charge in [-0.2, -0.15) is 0 Å². The standard InChI is InChI=1S/C28H34N2O3/c1-29-13-11-28(12-14-29,19-22-6-3-2-4-7-22)27(31)30-15-17-32-21-23(20-30)18-24-8-5-9-26-25(24)10-16-33-26/h2-10,16,23H,11-15,17-21H2,1H3/t23-/m0/s1. The minimum Gasteiger partial charge on any atom is -0.464 e. The Bertz CT molecular complexity index is 1070. The van der Waals surface area contributed by atoms with Gasteiger partial charge >= 0.3 is 0 Å². The molecule has 1 aromatic heterocycles. The number of hydrogen-bond acceptors (Lipinski definition) is 4.